The van der Waals surface area contributed by atoms with Gasteiger partial charge in [-0.25, -0.2) is 23.2 Å². The van der Waals surface area contributed by atoms with Crippen molar-refractivity contribution in [3.05, 3.63) is 0 Å². The van der Waals surface area contributed by atoms with Crippen LogP contribution < -0.4 is 5.73 Å². The number of nitrogens with two attached hydrogens (primary N) is 1. The van der Waals surface area contributed by atoms with Crippen molar-refractivity contribution in [1.82, 2.24) is 5.06 Å². The van der Waals surface area contributed by atoms with Gasteiger partial charge < -0.3 is 20.4 Å². The summed E-state index contributed by atoms with van der Waals surface area (Å²) in [5.74, 6) is -2.48. The number of carbonyl (C=O) groups is 3. The SMILES string of the molecule is CCCCCCCCCCC(=O)ON(CCCC(N)(C(=O)O)C(F)F)C(=O)OCC. The number of rotatable bonds is 16. The van der Waals surface area contributed by atoms with Crippen molar-refractivity contribution in [2.75, 3.05) is 13.2 Å². The Morgan fingerprint density at radius 2 is 1.57 bits per heavy atom. The summed E-state index contributed by atoms with van der Waals surface area (Å²) < 4.78 is 30.7. The Hall–Kier alpha value is -1.97. The first kappa shape index (κ1) is 28.0. The molecule has 0 radical (unpaired) electrons. The first-order valence-electron chi connectivity index (χ1n) is 10.6. The number of carboxylic acids is 1. The van der Waals surface area contributed by atoms with Gasteiger partial charge in [0.1, 0.15) is 0 Å². The summed E-state index contributed by atoms with van der Waals surface area (Å²) in [4.78, 5) is 39.9. The Labute approximate surface area is 177 Å². The number of carbonyl (C=O) groups excluding carboxylic acids is 2. The molecule has 176 valence electrons. The predicted octanol–water partition coefficient (Wildman–Crippen LogP) is 4.26. The molecule has 1 amide bonds. The molecule has 1 atom stereocenters. The van der Waals surface area contributed by atoms with Gasteiger partial charge in [0.2, 0.25) is 0 Å². The molecule has 10 heteroatoms. The molecular weight excluding hydrogens is 402 g/mol. The summed E-state index contributed by atoms with van der Waals surface area (Å²) in [6.45, 7) is 3.44. The second kappa shape index (κ2) is 15.8. The summed E-state index contributed by atoms with van der Waals surface area (Å²) in [5, 5.41) is 9.54. The Balaban J connectivity index is 4.44. The minimum atomic E-state index is -3.28. The van der Waals surface area contributed by atoms with Crippen molar-refractivity contribution in [2.45, 2.75) is 96.4 Å². The second-order valence-electron chi connectivity index (χ2n) is 7.24. The number of ether oxygens (including phenoxy) is 1. The fraction of sp³-hybridized carbons (Fsp3) is 0.850. The highest BCUT2D eigenvalue weighted by Crippen LogP contribution is 2.20. The van der Waals surface area contributed by atoms with Crippen LogP contribution in [0, 0.1) is 0 Å². The number of nitrogens with zero attached hydrogens (tertiary/aromatic N) is 1. The Kier molecular flexibility index (Phi) is 14.8. The van der Waals surface area contributed by atoms with Crippen LogP contribution in [0.25, 0.3) is 0 Å². The number of aliphatic carboxylic acids is 1. The fourth-order valence-corrected chi connectivity index (χ4v) is 2.77. The zero-order valence-electron chi connectivity index (χ0n) is 18.0. The molecule has 30 heavy (non-hydrogen) atoms. The molecule has 8 nitrogen and oxygen atoms in total. The Morgan fingerprint density at radius 3 is 2.07 bits per heavy atom. The van der Waals surface area contributed by atoms with Crippen molar-refractivity contribution in [2.24, 2.45) is 5.73 Å². The summed E-state index contributed by atoms with van der Waals surface area (Å²) in [6.07, 6.45) is 3.46. The molecule has 0 spiro atoms. The third-order valence-corrected chi connectivity index (χ3v) is 4.66. The standard InChI is InChI=1S/C20H36F2N2O6/c1-3-5-6-7-8-9-10-11-13-16(25)30-24(19(28)29-4-2)15-12-14-20(23,17(21)22)18(26)27/h17H,3-15,23H2,1-2H3,(H,26,27). The maximum Gasteiger partial charge on any atom is 0.443 e. The fourth-order valence-electron chi connectivity index (χ4n) is 2.77. The second-order valence-corrected chi connectivity index (χ2v) is 7.24. The molecule has 0 aromatic carbocycles. The third-order valence-electron chi connectivity index (χ3n) is 4.66. The molecule has 3 N–H and O–H groups in total. The number of unbranched alkanes of at least 4 members (excludes halogenated alkanes) is 7. The molecule has 0 heterocycles. The molecule has 0 saturated heterocycles. The predicted molar refractivity (Wildman–Crippen MR) is 107 cm³/mol. The van der Waals surface area contributed by atoms with Gasteiger partial charge in [-0.1, -0.05) is 51.9 Å². The Morgan fingerprint density at radius 1 is 1.00 bits per heavy atom. The number of alkyl halides is 2. The monoisotopic (exact) mass is 438 g/mol. The van der Waals surface area contributed by atoms with Crippen LogP contribution in [-0.4, -0.2) is 53.3 Å². The van der Waals surface area contributed by atoms with Gasteiger partial charge in [0.25, 0.3) is 6.43 Å². The van der Waals surface area contributed by atoms with Gasteiger partial charge in [-0.15, -0.1) is 5.06 Å². The molecule has 0 rings (SSSR count). The van der Waals surface area contributed by atoms with E-state index in [4.69, 9.17) is 20.4 Å². The summed E-state index contributed by atoms with van der Waals surface area (Å²) in [5.41, 5.74) is 2.51. The number of hydrogen-bond acceptors (Lipinski definition) is 6. The van der Waals surface area contributed by atoms with Gasteiger partial charge in [0.15, 0.2) is 5.54 Å². The highest BCUT2D eigenvalue weighted by atomic mass is 19.3. The van der Waals surface area contributed by atoms with Crippen molar-refractivity contribution >= 4 is 18.0 Å². The van der Waals surface area contributed by atoms with E-state index in [1.807, 2.05) is 0 Å². The highest BCUT2D eigenvalue weighted by molar-refractivity contribution is 5.79. The lowest BCUT2D eigenvalue weighted by molar-refractivity contribution is -0.182. The third kappa shape index (κ3) is 11.3. The van der Waals surface area contributed by atoms with E-state index in [2.05, 4.69) is 6.92 Å². The highest BCUT2D eigenvalue weighted by Gasteiger charge is 2.43. The van der Waals surface area contributed by atoms with E-state index in [1.165, 1.54) is 25.7 Å². The lowest BCUT2D eigenvalue weighted by atomic mass is 9.95. The smallest absolute Gasteiger partial charge is 0.443 e. The summed E-state index contributed by atoms with van der Waals surface area (Å²) >= 11 is 0. The molecule has 0 aromatic rings. The Bertz CT molecular complexity index is 522. The van der Waals surface area contributed by atoms with Crippen molar-refractivity contribution < 1.29 is 37.8 Å². The average molecular weight is 439 g/mol. The lowest BCUT2D eigenvalue weighted by Crippen LogP contribution is -2.54. The van der Waals surface area contributed by atoms with Crippen molar-refractivity contribution in [1.29, 1.82) is 0 Å². The molecule has 0 aliphatic heterocycles. The number of hydroxylamine groups is 2. The normalized spacial score (nSPS) is 13.0. The molecule has 0 saturated carbocycles. The van der Waals surface area contributed by atoms with Gasteiger partial charge in [0, 0.05) is 6.42 Å². The van der Waals surface area contributed by atoms with E-state index in [9.17, 15) is 23.2 Å². The number of amides is 1. The van der Waals surface area contributed by atoms with Gasteiger partial charge in [-0.3, -0.25) is 0 Å². The summed E-state index contributed by atoms with van der Waals surface area (Å²) in [6, 6.07) is 0. The first-order valence-corrected chi connectivity index (χ1v) is 10.6. The van der Waals surface area contributed by atoms with Crippen molar-refractivity contribution in [3.63, 3.8) is 0 Å². The maximum absolute atomic E-state index is 12.9. The van der Waals surface area contributed by atoms with Gasteiger partial charge in [0.05, 0.1) is 13.2 Å². The largest absolute Gasteiger partial charge is 0.480 e. The molecule has 0 aliphatic carbocycles. The molecule has 0 aromatic heterocycles. The molecule has 1 unspecified atom stereocenters. The topological polar surface area (TPSA) is 119 Å². The van der Waals surface area contributed by atoms with Crippen LogP contribution in [0.2, 0.25) is 0 Å². The van der Waals surface area contributed by atoms with E-state index in [-0.39, 0.29) is 26.0 Å². The van der Waals surface area contributed by atoms with E-state index in [1.54, 1.807) is 6.92 Å². The van der Waals surface area contributed by atoms with Crippen LogP contribution in [0.3, 0.4) is 0 Å². The minimum absolute atomic E-state index is 0.0257. The van der Waals surface area contributed by atoms with Crippen LogP contribution in [0.1, 0.15) is 84.5 Å². The lowest BCUT2D eigenvalue weighted by Gasteiger charge is -2.25. The van der Waals surface area contributed by atoms with Crippen molar-refractivity contribution in [3.8, 4) is 0 Å². The summed E-state index contributed by atoms with van der Waals surface area (Å²) in [7, 11) is 0. The minimum Gasteiger partial charge on any atom is -0.480 e. The van der Waals surface area contributed by atoms with Crippen LogP contribution in [0.5, 0.6) is 0 Å². The van der Waals surface area contributed by atoms with Crippen LogP contribution >= 0.6 is 0 Å². The van der Waals surface area contributed by atoms with Crippen LogP contribution in [-0.2, 0) is 19.2 Å². The van der Waals surface area contributed by atoms with E-state index < -0.39 is 36.4 Å². The zero-order valence-corrected chi connectivity index (χ0v) is 18.0. The molecular formula is C20H36F2N2O6. The van der Waals surface area contributed by atoms with Crippen LogP contribution in [0.15, 0.2) is 0 Å². The first-order chi connectivity index (χ1) is 14.2. The van der Waals surface area contributed by atoms with Gasteiger partial charge in [-0.05, 0) is 26.2 Å². The maximum atomic E-state index is 12.9. The van der Waals surface area contributed by atoms with Gasteiger partial charge in [-0.2, -0.15) is 0 Å². The van der Waals surface area contributed by atoms with E-state index >= 15 is 0 Å². The van der Waals surface area contributed by atoms with E-state index in [0.717, 1.165) is 19.3 Å². The molecule has 0 aliphatic rings. The number of halogens is 2. The van der Waals surface area contributed by atoms with E-state index in [0.29, 0.717) is 11.5 Å². The number of carboxylic acid groups (broad SMARTS) is 1. The van der Waals surface area contributed by atoms with Gasteiger partial charge >= 0.3 is 18.0 Å². The zero-order chi connectivity index (χ0) is 23.0. The molecule has 0 fully saturated rings. The quantitative estimate of drug-likeness (QED) is 0.273. The van der Waals surface area contributed by atoms with Crippen LogP contribution in [0.4, 0.5) is 13.6 Å². The molecule has 0 bridgehead atoms. The average Bonchev–Trinajstić information content (AvgIpc) is 2.68. The number of hydrogen-bond donors (Lipinski definition) is 2.